The van der Waals surface area contributed by atoms with Crippen LogP contribution >= 0.6 is 11.8 Å². The number of carboxylic acids is 2. The smallest absolute Gasteiger partial charge is 0.480 e. The van der Waals surface area contributed by atoms with Crippen molar-refractivity contribution in [2.75, 3.05) is 23.4 Å². The predicted octanol–water partition coefficient (Wildman–Crippen LogP) is -3.20. The maximum absolute atomic E-state index is 12.2. The van der Waals surface area contributed by atoms with Crippen LogP contribution in [0.2, 0.25) is 0 Å². The quantitative estimate of drug-likeness (QED) is 0.104. The van der Waals surface area contributed by atoms with Crippen LogP contribution in [0, 0.1) is 0 Å². The van der Waals surface area contributed by atoms with E-state index < -0.39 is 62.5 Å². The summed E-state index contributed by atoms with van der Waals surface area (Å²) in [6, 6.07) is 2.56. The van der Waals surface area contributed by atoms with E-state index in [1.165, 1.54) is 24.3 Å². The van der Waals surface area contributed by atoms with Crippen molar-refractivity contribution in [1.82, 2.24) is 10.6 Å². The van der Waals surface area contributed by atoms with E-state index in [0.717, 1.165) is 11.8 Å². The minimum atomic E-state index is -5.04. The second-order valence-corrected chi connectivity index (χ2v) is 11.3. The van der Waals surface area contributed by atoms with Crippen LogP contribution in [0.3, 0.4) is 0 Å². The van der Waals surface area contributed by atoms with Gasteiger partial charge in [0.15, 0.2) is 0 Å². The number of anilines is 1. The summed E-state index contributed by atoms with van der Waals surface area (Å²) in [7, 11) is 0. The fourth-order valence-electron chi connectivity index (χ4n) is 2.35. The third-order valence-electron chi connectivity index (χ3n) is 4.07. The Morgan fingerprint density at radius 1 is 1.03 bits per heavy atom. The summed E-state index contributed by atoms with van der Waals surface area (Å²) in [6.07, 6.45) is -0.463. The standard InChI is InChI=1S/C18H25AsN4O10S/c20-12(18(29)30)5-6-14(24)23-13(17(28)21-7-16(26)27)8-34-9-15(25)22-11-3-1-10(2-4-11)19(31,32)33/h1-4,12-13H,5-9,20H2,(H,21,28)(H,22,25)(H,23,24)(H,26,27)(H,29,30)(H2,31,32,33)/t12-,13-/m0/s1. The molecule has 0 bridgehead atoms. The molecule has 0 saturated carbocycles. The normalized spacial score (nSPS) is 12.8. The topological polar surface area (TPSA) is 245 Å². The van der Waals surface area contributed by atoms with Crippen molar-refractivity contribution in [2.24, 2.45) is 5.73 Å². The Kier molecular flexibility index (Phi) is 11.8. The van der Waals surface area contributed by atoms with Crippen LogP contribution in [0.4, 0.5) is 5.69 Å². The Hall–Kier alpha value is -2.84. The summed E-state index contributed by atoms with van der Waals surface area (Å²) in [6.45, 7) is -0.688. The summed E-state index contributed by atoms with van der Waals surface area (Å²) < 4.78 is 29.4. The fourth-order valence-corrected chi connectivity index (χ4v) is 4.32. The molecule has 3 amide bonds. The van der Waals surface area contributed by atoms with Gasteiger partial charge in [-0.2, -0.15) is 0 Å². The zero-order chi connectivity index (χ0) is 25.9. The van der Waals surface area contributed by atoms with Gasteiger partial charge in [-0.1, -0.05) is 0 Å². The van der Waals surface area contributed by atoms with Crippen molar-refractivity contribution in [3.63, 3.8) is 0 Å². The van der Waals surface area contributed by atoms with Crippen LogP contribution in [-0.4, -0.2) is 92.4 Å². The summed E-state index contributed by atoms with van der Waals surface area (Å²) >= 11 is -4.08. The monoisotopic (exact) mass is 564 g/mol. The molecule has 0 heterocycles. The molecule has 0 aromatic heterocycles. The summed E-state index contributed by atoms with van der Waals surface area (Å²) in [5.41, 5.74) is 5.62. The van der Waals surface area contributed by atoms with Gasteiger partial charge in [0.25, 0.3) is 0 Å². The van der Waals surface area contributed by atoms with Crippen molar-refractivity contribution < 1.29 is 46.1 Å². The first-order chi connectivity index (χ1) is 15.8. The average molecular weight is 564 g/mol. The Morgan fingerprint density at radius 2 is 1.65 bits per heavy atom. The maximum atomic E-state index is 12.2. The molecule has 14 nitrogen and oxygen atoms in total. The van der Waals surface area contributed by atoms with Crippen LogP contribution in [0.25, 0.3) is 0 Å². The molecule has 0 fully saturated rings. The van der Waals surface area contributed by atoms with Crippen LogP contribution in [0.5, 0.6) is 0 Å². The van der Waals surface area contributed by atoms with Crippen LogP contribution in [-0.2, 0) is 27.7 Å². The number of thioether (sulfide) groups is 1. The van der Waals surface area contributed by atoms with Crippen LogP contribution in [0.15, 0.2) is 24.3 Å². The molecule has 16 heteroatoms. The third-order valence-corrected chi connectivity index (χ3v) is 7.14. The van der Waals surface area contributed by atoms with Crippen LogP contribution < -0.4 is 26.0 Å². The molecule has 188 valence electrons. The van der Waals surface area contributed by atoms with Crippen LogP contribution in [0.1, 0.15) is 12.8 Å². The molecular formula is C18H25AsN4O10S. The van der Waals surface area contributed by atoms with E-state index in [0.29, 0.717) is 0 Å². The average Bonchev–Trinajstić information content (AvgIpc) is 2.74. The van der Waals surface area contributed by atoms with E-state index in [1.54, 1.807) is 0 Å². The number of carbonyl (C=O) groups excluding carboxylic acids is 3. The first-order valence-corrected chi connectivity index (χ1v) is 14.1. The predicted molar refractivity (Wildman–Crippen MR) is 120 cm³/mol. The minimum Gasteiger partial charge on any atom is -0.480 e. The molecule has 1 aromatic rings. The molecule has 0 spiro atoms. The van der Waals surface area contributed by atoms with Gasteiger partial charge in [-0.05, 0) is 6.42 Å². The molecule has 0 saturated heterocycles. The minimum absolute atomic E-state index is 0.102. The van der Waals surface area contributed by atoms with E-state index in [9.17, 15) is 27.7 Å². The zero-order valence-corrected chi connectivity index (χ0v) is 20.4. The number of carboxylic acid groups (broad SMARTS) is 2. The van der Waals surface area contributed by atoms with Gasteiger partial charge in [0, 0.05) is 6.42 Å². The molecular weight excluding hydrogens is 539 g/mol. The summed E-state index contributed by atoms with van der Waals surface area (Å²) in [5, 5.41) is 24.4. The van der Waals surface area contributed by atoms with E-state index in [-0.39, 0.29) is 34.4 Å². The van der Waals surface area contributed by atoms with Crippen molar-refractivity contribution >= 4 is 65.6 Å². The molecule has 2 atom stereocenters. The second-order valence-electron chi connectivity index (χ2n) is 6.87. The first-order valence-electron chi connectivity index (χ1n) is 9.60. The molecule has 1 rings (SSSR count). The molecule has 0 aliphatic rings. The number of aliphatic carboxylic acids is 2. The third kappa shape index (κ3) is 11.3. The van der Waals surface area contributed by atoms with Gasteiger partial charge in [0.1, 0.15) is 12.6 Å². The van der Waals surface area contributed by atoms with E-state index in [2.05, 4.69) is 16.0 Å². The number of hydrogen-bond donors (Lipinski definition) is 8. The Morgan fingerprint density at radius 3 is 2.18 bits per heavy atom. The molecule has 0 radical (unpaired) electrons. The molecule has 0 aliphatic heterocycles. The van der Waals surface area contributed by atoms with Gasteiger partial charge >= 0.3 is 145 Å². The first kappa shape index (κ1) is 29.2. The molecule has 9 N–H and O–H groups in total. The zero-order valence-electron chi connectivity index (χ0n) is 17.7. The van der Waals surface area contributed by atoms with Gasteiger partial charge < -0.3 is 15.9 Å². The van der Waals surface area contributed by atoms with Gasteiger partial charge in [0.05, 0.1) is 0 Å². The molecule has 0 aliphatic carbocycles. The van der Waals surface area contributed by atoms with Crippen molar-refractivity contribution in [1.29, 1.82) is 0 Å². The van der Waals surface area contributed by atoms with Crippen molar-refractivity contribution in [2.45, 2.75) is 24.9 Å². The van der Waals surface area contributed by atoms with Gasteiger partial charge in [-0.3, -0.25) is 14.4 Å². The van der Waals surface area contributed by atoms with Gasteiger partial charge in [-0.25, -0.2) is 0 Å². The van der Waals surface area contributed by atoms with E-state index in [4.69, 9.17) is 24.1 Å². The number of carbonyl (C=O) groups is 5. The number of hydrogen-bond acceptors (Lipinski definition) is 8. The Bertz CT molecular complexity index is 953. The second kappa shape index (κ2) is 13.8. The SMILES string of the molecule is N[C@@H](CCC(=O)N[C@@H](CSCC(=O)Nc1ccc([As](=O)(O)O)cc1)C(=O)NCC(=O)O)C(=O)O. The molecule has 0 unspecified atom stereocenters. The summed E-state index contributed by atoms with van der Waals surface area (Å²) in [5.74, 6) is -4.83. The number of nitrogens with two attached hydrogens (primary N) is 1. The molecule has 34 heavy (non-hydrogen) atoms. The molecule has 1 aromatic carbocycles. The fraction of sp³-hybridized carbons (Fsp3) is 0.389. The number of nitrogens with one attached hydrogen (secondary N) is 3. The van der Waals surface area contributed by atoms with Crippen molar-refractivity contribution in [3.05, 3.63) is 24.3 Å². The van der Waals surface area contributed by atoms with E-state index in [1.807, 2.05) is 0 Å². The number of benzene rings is 1. The Balaban J connectivity index is 2.63. The van der Waals surface area contributed by atoms with E-state index >= 15 is 0 Å². The summed E-state index contributed by atoms with van der Waals surface area (Å²) in [4.78, 5) is 57.8. The Labute approximate surface area is 200 Å². The van der Waals surface area contributed by atoms with Crippen molar-refractivity contribution in [3.8, 4) is 0 Å². The van der Waals surface area contributed by atoms with Gasteiger partial charge in [-0.15, -0.1) is 0 Å². The number of rotatable bonds is 14. The number of amides is 3. The van der Waals surface area contributed by atoms with Gasteiger partial charge in [0.2, 0.25) is 0 Å².